The summed E-state index contributed by atoms with van der Waals surface area (Å²) in [7, 11) is -3.86. The van der Waals surface area contributed by atoms with Crippen LogP contribution in [0.25, 0.3) is 10.2 Å². The van der Waals surface area contributed by atoms with Gasteiger partial charge in [0.15, 0.2) is 0 Å². The molecule has 0 bridgehead atoms. The fourth-order valence-corrected chi connectivity index (χ4v) is 5.12. The summed E-state index contributed by atoms with van der Waals surface area (Å²) in [6.45, 7) is 2.42. The van der Waals surface area contributed by atoms with Gasteiger partial charge in [0.25, 0.3) is 5.91 Å². The first-order valence-electron chi connectivity index (χ1n) is 8.64. The van der Waals surface area contributed by atoms with Crippen LogP contribution in [0.5, 0.6) is 0 Å². The summed E-state index contributed by atoms with van der Waals surface area (Å²) in [6.07, 6.45) is 1.74. The largest absolute Gasteiger partial charge is 0.329 e. The van der Waals surface area contributed by atoms with Crippen molar-refractivity contribution < 1.29 is 13.2 Å². The Labute approximate surface area is 161 Å². The first kappa shape index (κ1) is 18.1. The monoisotopic (exact) mass is 401 g/mol. The molecule has 3 aromatic rings. The lowest BCUT2D eigenvalue weighted by Crippen LogP contribution is -2.31. The molecule has 1 aliphatic rings. The maximum absolute atomic E-state index is 13.2. The minimum Gasteiger partial charge on any atom is -0.329 e. The molecule has 0 spiro atoms. The number of aryl methyl sites for hydroxylation is 1. The normalized spacial score (nSPS) is 17.6. The molecule has 1 saturated heterocycles. The number of hydrogen-bond donors (Lipinski definition) is 1. The van der Waals surface area contributed by atoms with E-state index in [4.69, 9.17) is 10.1 Å². The molecule has 1 aliphatic heterocycles. The molecule has 2 heterocycles. The van der Waals surface area contributed by atoms with Crippen molar-refractivity contribution in [3.8, 4) is 0 Å². The summed E-state index contributed by atoms with van der Waals surface area (Å²) in [5.74, 6) is -0.181. The van der Waals surface area contributed by atoms with Crippen molar-refractivity contribution in [2.24, 2.45) is 5.14 Å². The van der Waals surface area contributed by atoms with Gasteiger partial charge < -0.3 is 4.90 Å². The van der Waals surface area contributed by atoms with E-state index in [-0.39, 0.29) is 16.8 Å². The minimum atomic E-state index is -3.86. The Balaban J connectivity index is 1.71. The van der Waals surface area contributed by atoms with Gasteiger partial charge in [0.2, 0.25) is 10.0 Å². The first-order valence-corrected chi connectivity index (χ1v) is 11.0. The lowest BCUT2D eigenvalue weighted by molar-refractivity contribution is 0.0734. The molecular weight excluding hydrogens is 382 g/mol. The van der Waals surface area contributed by atoms with E-state index in [0.717, 1.165) is 33.6 Å². The van der Waals surface area contributed by atoms with Gasteiger partial charge in [-0.25, -0.2) is 18.5 Å². The lowest BCUT2D eigenvalue weighted by atomic mass is 10.1. The topological polar surface area (TPSA) is 93.4 Å². The summed E-state index contributed by atoms with van der Waals surface area (Å²) in [6, 6.07) is 12.3. The highest BCUT2D eigenvalue weighted by Gasteiger charge is 2.33. The molecule has 0 saturated carbocycles. The Morgan fingerprint density at radius 3 is 2.78 bits per heavy atom. The molecule has 0 radical (unpaired) electrons. The summed E-state index contributed by atoms with van der Waals surface area (Å²) in [5, 5.41) is 6.15. The lowest BCUT2D eigenvalue weighted by Gasteiger charge is -2.24. The number of hydrogen-bond acceptors (Lipinski definition) is 5. The molecule has 4 rings (SSSR count). The second-order valence-electron chi connectivity index (χ2n) is 6.70. The molecule has 1 atom stereocenters. The van der Waals surface area contributed by atoms with Crippen LogP contribution in [0, 0.1) is 6.92 Å². The van der Waals surface area contributed by atoms with Crippen LogP contribution in [0.2, 0.25) is 0 Å². The summed E-state index contributed by atoms with van der Waals surface area (Å²) >= 11 is 1.60. The molecule has 1 unspecified atom stereocenters. The number of sulfonamides is 1. The third kappa shape index (κ3) is 3.36. The smallest absolute Gasteiger partial charge is 0.254 e. The highest BCUT2D eigenvalue weighted by molar-refractivity contribution is 7.89. The third-order valence-electron chi connectivity index (χ3n) is 4.88. The minimum absolute atomic E-state index is 0.0489. The van der Waals surface area contributed by atoms with Crippen LogP contribution in [0.3, 0.4) is 0 Å². The maximum atomic E-state index is 13.2. The van der Waals surface area contributed by atoms with Crippen LogP contribution < -0.4 is 5.14 Å². The molecule has 140 valence electrons. The van der Waals surface area contributed by atoms with Crippen molar-refractivity contribution in [3.05, 3.63) is 58.6 Å². The average molecular weight is 402 g/mol. The van der Waals surface area contributed by atoms with Crippen LogP contribution in [0.4, 0.5) is 0 Å². The number of rotatable bonds is 3. The van der Waals surface area contributed by atoms with E-state index in [9.17, 15) is 13.2 Å². The number of nitrogens with two attached hydrogens (primary N) is 1. The Morgan fingerprint density at radius 1 is 1.26 bits per heavy atom. The number of carbonyl (C=O) groups is 1. The molecule has 2 N–H and O–H groups in total. The fourth-order valence-electron chi connectivity index (χ4n) is 3.46. The zero-order chi connectivity index (χ0) is 19.2. The second kappa shape index (κ2) is 6.70. The number of amides is 1. The predicted molar refractivity (Wildman–Crippen MR) is 105 cm³/mol. The summed E-state index contributed by atoms with van der Waals surface area (Å²) < 4.78 is 24.4. The predicted octanol–water partition coefficient (Wildman–Crippen LogP) is 3.23. The van der Waals surface area contributed by atoms with E-state index in [1.165, 1.54) is 12.1 Å². The van der Waals surface area contributed by atoms with Crippen molar-refractivity contribution in [3.63, 3.8) is 0 Å². The molecule has 6 nitrogen and oxygen atoms in total. The van der Waals surface area contributed by atoms with Gasteiger partial charge in [-0.05, 0) is 49.6 Å². The number of para-hydroxylation sites is 1. The van der Waals surface area contributed by atoms with Gasteiger partial charge in [0.1, 0.15) is 5.01 Å². The summed E-state index contributed by atoms with van der Waals surface area (Å²) in [5.41, 5.74) is 2.03. The number of carbonyl (C=O) groups excluding carboxylic acids is 1. The number of nitrogens with zero attached hydrogens (tertiary/aromatic N) is 2. The van der Waals surface area contributed by atoms with E-state index >= 15 is 0 Å². The van der Waals surface area contributed by atoms with Crippen molar-refractivity contribution in [1.82, 2.24) is 9.88 Å². The molecule has 1 fully saturated rings. The Hall–Kier alpha value is -2.29. The molecule has 0 aliphatic carbocycles. The van der Waals surface area contributed by atoms with Crippen molar-refractivity contribution >= 4 is 37.5 Å². The molecule has 1 aromatic heterocycles. The van der Waals surface area contributed by atoms with Gasteiger partial charge in [0.05, 0.1) is 21.2 Å². The SMILES string of the molecule is Cc1ccc(S(N)(=O)=O)cc1C(=O)N1CCCC1c1nc2ccccc2s1. The van der Waals surface area contributed by atoms with E-state index in [1.54, 1.807) is 29.2 Å². The van der Waals surface area contributed by atoms with E-state index in [0.29, 0.717) is 12.1 Å². The van der Waals surface area contributed by atoms with Crippen LogP contribution in [-0.4, -0.2) is 30.8 Å². The number of primary sulfonamides is 1. The number of benzene rings is 2. The Bertz CT molecular complexity index is 1110. The first-order chi connectivity index (χ1) is 12.8. The fraction of sp³-hybridized carbons (Fsp3) is 0.263. The third-order valence-corrected chi connectivity index (χ3v) is 6.93. The summed E-state index contributed by atoms with van der Waals surface area (Å²) in [4.78, 5) is 19.7. The quantitative estimate of drug-likeness (QED) is 0.729. The highest BCUT2D eigenvalue weighted by Crippen LogP contribution is 2.37. The zero-order valence-corrected chi connectivity index (χ0v) is 16.4. The van der Waals surface area contributed by atoms with E-state index < -0.39 is 10.0 Å². The molecule has 1 amide bonds. The standard InChI is InChI=1S/C19H19N3O3S2/c1-12-8-9-13(27(20,24)25)11-14(12)19(23)22-10-4-6-16(22)18-21-15-5-2-3-7-17(15)26-18/h2-3,5,7-9,11,16H,4,6,10H2,1H3,(H2,20,24,25). The van der Waals surface area contributed by atoms with Crippen molar-refractivity contribution in [2.45, 2.75) is 30.7 Å². The second-order valence-corrected chi connectivity index (χ2v) is 9.32. The highest BCUT2D eigenvalue weighted by atomic mass is 32.2. The van der Waals surface area contributed by atoms with Gasteiger partial charge in [-0.2, -0.15) is 0 Å². The maximum Gasteiger partial charge on any atom is 0.254 e. The zero-order valence-electron chi connectivity index (χ0n) is 14.8. The number of likely N-dealkylation sites (tertiary alicyclic amines) is 1. The van der Waals surface area contributed by atoms with Gasteiger partial charge in [0, 0.05) is 12.1 Å². The molecular formula is C19H19N3O3S2. The van der Waals surface area contributed by atoms with Crippen molar-refractivity contribution in [1.29, 1.82) is 0 Å². The number of thiazole rings is 1. The number of aromatic nitrogens is 1. The van der Waals surface area contributed by atoms with Gasteiger partial charge in [-0.3, -0.25) is 4.79 Å². The van der Waals surface area contributed by atoms with E-state index in [1.807, 2.05) is 24.3 Å². The van der Waals surface area contributed by atoms with E-state index in [2.05, 4.69) is 0 Å². The molecule has 27 heavy (non-hydrogen) atoms. The molecule has 2 aromatic carbocycles. The Kier molecular flexibility index (Phi) is 4.49. The molecule has 8 heteroatoms. The average Bonchev–Trinajstić information content (AvgIpc) is 3.27. The van der Waals surface area contributed by atoms with Crippen LogP contribution >= 0.6 is 11.3 Å². The van der Waals surface area contributed by atoms with Crippen LogP contribution in [0.15, 0.2) is 47.4 Å². The van der Waals surface area contributed by atoms with Gasteiger partial charge in [-0.15, -0.1) is 11.3 Å². The van der Waals surface area contributed by atoms with Crippen molar-refractivity contribution in [2.75, 3.05) is 6.54 Å². The van der Waals surface area contributed by atoms with Crippen LogP contribution in [-0.2, 0) is 10.0 Å². The van der Waals surface area contributed by atoms with Gasteiger partial charge >= 0.3 is 0 Å². The van der Waals surface area contributed by atoms with Crippen LogP contribution in [0.1, 0.15) is 39.8 Å². The number of fused-ring (bicyclic) bond motifs is 1. The Morgan fingerprint density at radius 2 is 2.04 bits per heavy atom. The van der Waals surface area contributed by atoms with Gasteiger partial charge in [-0.1, -0.05) is 18.2 Å².